The Labute approximate surface area is 181 Å². The van der Waals surface area contributed by atoms with Gasteiger partial charge < -0.3 is 5.32 Å². The molecule has 0 aliphatic carbocycles. The van der Waals surface area contributed by atoms with Crippen LogP contribution in [0.2, 0.25) is 5.02 Å². The Hall–Kier alpha value is -2.95. The second-order valence-corrected chi connectivity index (χ2v) is 9.25. The van der Waals surface area contributed by atoms with Crippen molar-refractivity contribution in [1.82, 2.24) is 14.8 Å². The molecule has 2 heterocycles. The van der Waals surface area contributed by atoms with E-state index in [-0.39, 0.29) is 15.7 Å². The second-order valence-electron chi connectivity index (χ2n) is 6.23. The molecule has 0 fully saturated rings. The molecule has 2 N–H and O–H groups in total. The molecule has 0 bridgehead atoms. The molecule has 0 saturated carbocycles. The molecule has 0 amide bonds. The maximum atomic E-state index is 14.5. The highest BCUT2D eigenvalue weighted by molar-refractivity contribution is 7.93. The molecule has 11 heteroatoms. The van der Waals surface area contributed by atoms with E-state index in [4.69, 9.17) is 11.6 Å². The highest BCUT2D eigenvalue weighted by atomic mass is 35.5. The number of thiazole rings is 1. The summed E-state index contributed by atoms with van der Waals surface area (Å²) < 4.78 is 43.3. The number of nitrogens with zero attached hydrogens (tertiary/aromatic N) is 3. The molecule has 0 spiro atoms. The molecule has 30 heavy (non-hydrogen) atoms. The topological polar surface area (TPSA) is 88.9 Å². The number of halogens is 2. The van der Waals surface area contributed by atoms with Gasteiger partial charge in [0, 0.05) is 28.9 Å². The minimum absolute atomic E-state index is 0.111. The lowest BCUT2D eigenvalue weighted by Crippen LogP contribution is -2.13. The third-order valence-electron chi connectivity index (χ3n) is 4.07. The molecule has 154 valence electrons. The van der Waals surface area contributed by atoms with E-state index in [1.54, 1.807) is 34.5 Å². The number of rotatable bonds is 7. The Morgan fingerprint density at radius 1 is 1.13 bits per heavy atom. The minimum atomic E-state index is -3.93. The first-order chi connectivity index (χ1) is 14.4. The van der Waals surface area contributed by atoms with Gasteiger partial charge in [0.1, 0.15) is 5.82 Å². The number of nitrogens with one attached hydrogen (secondary N) is 2. The predicted molar refractivity (Wildman–Crippen MR) is 115 cm³/mol. The molecular weight excluding hydrogens is 449 g/mol. The summed E-state index contributed by atoms with van der Waals surface area (Å²) in [4.78, 5) is 3.66. The number of anilines is 3. The second kappa shape index (κ2) is 8.42. The number of hydrogen-bond donors (Lipinski definition) is 2. The van der Waals surface area contributed by atoms with E-state index < -0.39 is 15.8 Å². The summed E-state index contributed by atoms with van der Waals surface area (Å²) in [7, 11) is -3.93. The van der Waals surface area contributed by atoms with E-state index in [9.17, 15) is 12.8 Å². The van der Waals surface area contributed by atoms with Gasteiger partial charge in [0.25, 0.3) is 10.0 Å². The fourth-order valence-electron chi connectivity index (χ4n) is 2.64. The van der Waals surface area contributed by atoms with Gasteiger partial charge >= 0.3 is 0 Å². The zero-order chi connectivity index (χ0) is 21.1. The Bertz CT molecular complexity index is 1260. The summed E-state index contributed by atoms with van der Waals surface area (Å²) >= 11 is 7.02. The zero-order valence-corrected chi connectivity index (χ0v) is 17.7. The Kier molecular flexibility index (Phi) is 5.71. The molecule has 0 unspecified atom stereocenters. The quantitative estimate of drug-likeness (QED) is 0.414. The van der Waals surface area contributed by atoms with Crippen molar-refractivity contribution >= 4 is 49.6 Å². The van der Waals surface area contributed by atoms with Crippen molar-refractivity contribution in [1.29, 1.82) is 0 Å². The molecule has 0 aliphatic rings. The molecule has 7 nitrogen and oxygen atoms in total. The highest BCUT2D eigenvalue weighted by Crippen LogP contribution is 2.24. The van der Waals surface area contributed by atoms with Crippen molar-refractivity contribution in [3.63, 3.8) is 0 Å². The molecular formula is C19H15ClFN5O2S2. The molecule has 4 aromatic rings. The van der Waals surface area contributed by atoms with Gasteiger partial charge in [-0.15, -0.1) is 11.3 Å². The van der Waals surface area contributed by atoms with Crippen molar-refractivity contribution in [2.24, 2.45) is 0 Å². The van der Waals surface area contributed by atoms with Crippen LogP contribution in [0.3, 0.4) is 0 Å². The van der Waals surface area contributed by atoms with Crippen LogP contribution in [0.1, 0.15) is 5.56 Å². The van der Waals surface area contributed by atoms with E-state index in [1.165, 1.54) is 18.3 Å². The van der Waals surface area contributed by atoms with Gasteiger partial charge in [-0.25, -0.2) is 17.8 Å². The summed E-state index contributed by atoms with van der Waals surface area (Å²) in [6, 6.07) is 12.7. The number of sulfonamides is 1. The van der Waals surface area contributed by atoms with E-state index in [2.05, 4.69) is 20.1 Å². The van der Waals surface area contributed by atoms with Crippen molar-refractivity contribution in [3.05, 3.63) is 82.7 Å². The van der Waals surface area contributed by atoms with E-state index in [0.29, 0.717) is 17.4 Å². The van der Waals surface area contributed by atoms with Gasteiger partial charge in [0.15, 0.2) is 10.9 Å². The van der Waals surface area contributed by atoms with Crippen LogP contribution in [-0.4, -0.2) is 23.2 Å². The normalized spacial score (nSPS) is 11.4. The maximum Gasteiger partial charge on any atom is 0.263 e. The van der Waals surface area contributed by atoms with Crippen LogP contribution in [0.25, 0.3) is 0 Å². The number of hydrogen-bond acceptors (Lipinski definition) is 6. The molecule has 2 aromatic carbocycles. The van der Waals surface area contributed by atoms with Gasteiger partial charge in [0.2, 0.25) is 0 Å². The maximum absolute atomic E-state index is 14.5. The molecule has 0 atom stereocenters. The third kappa shape index (κ3) is 4.78. The van der Waals surface area contributed by atoms with Crippen molar-refractivity contribution in [3.8, 4) is 0 Å². The molecule has 0 aliphatic heterocycles. The lowest BCUT2D eigenvalue weighted by Gasteiger charge is -2.09. The summed E-state index contributed by atoms with van der Waals surface area (Å²) in [5.41, 5.74) is 1.13. The van der Waals surface area contributed by atoms with E-state index >= 15 is 0 Å². The Morgan fingerprint density at radius 3 is 2.63 bits per heavy atom. The van der Waals surface area contributed by atoms with Crippen LogP contribution in [-0.2, 0) is 16.6 Å². The van der Waals surface area contributed by atoms with Crippen LogP contribution in [0.4, 0.5) is 21.0 Å². The SMILES string of the molecule is O=S(=O)(Nc1nccs1)c1ccc(Nc2ccn(Cc3ccc(Cl)cc3)n2)c(F)c1. The molecule has 2 aromatic heterocycles. The molecule has 0 radical (unpaired) electrons. The first kappa shape index (κ1) is 20.3. The summed E-state index contributed by atoms with van der Waals surface area (Å²) in [6.07, 6.45) is 3.23. The predicted octanol–water partition coefficient (Wildman–Crippen LogP) is 4.72. The van der Waals surface area contributed by atoms with Gasteiger partial charge in [-0.05, 0) is 35.9 Å². The number of benzene rings is 2. The van der Waals surface area contributed by atoms with Gasteiger partial charge in [-0.2, -0.15) is 5.10 Å². The lowest BCUT2D eigenvalue weighted by atomic mass is 10.2. The number of aromatic nitrogens is 3. The standard InChI is InChI=1S/C19H15ClFN5O2S2/c20-14-3-1-13(2-4-14)12-26-9-7-18(24-26)23-17-6-5-15(11-16(17)21)30(27,28)25-19-22-8-10-29-19/h1-11H,12H2,(H,22,25)(H,23,24). The lowest BCUT2D eigenvalue weighted by molar-refractivity contribution is 0.596. The Balaban J connectivity index is 1.46. The van der Waals surface area contributed by atoms with Crippen LogP contribution in [0.5, 0.6) is 0 Å². The average Bonchev–Trinajstić information content (AvgIpc) is 3.37. The largest absolute Gasteiger partial charge is 0.336 e. The minimum Gasteiger partial charge on any atom is -0.336 e. The van der Waals surface area contributed by atoms with Crippen molar-refractivity contribution in [2.45, 2.75) is 11.4 Å². The summed E-state index contributed by atoms with van der Waals surface area (Å²) in [5.74, 6) is -0.288. The van der Waals surface area contributed by atoms with Crippen LogP contribution < -0.4 is 10.0 Å². The fraction of sp³-hybridized carbons (Fsp3) is 0.0526. The molecule has 0 saturated heterocycles. The van der Waals surface area contributed by atoms with Gasteiger partial charge in [-0.3, -0.25) is 9.40 Å². The average molecular weight is 464 g/mol. The van der Waals surface area contributed by atoms with Gasteiger partial charge in [-0.1, -0.05) is 23.7 Å². The van der Waals surface area contributed by atoms with Crippen LogP contribution >= 0.6 is 22.9 Å². The van der Waals surface area contributed by atoms with Crippen molar-refractivity contribution in [2.75, 3.05) is 10.0 Å². The monoisotopic (exact) mass is 463 g/mol. The first-order valence-corrected chi connectivity index (χ1v) is 11.4. The summed E-state index contributed by atoms with van der Waals surface area (Å²) in [6.45, 7) is 0.529. The Morgan fingerprint density at radius 2 is 1.93 bits per heavy atom. The van der Waals surface area contributed by atoms with Gasteiger partial charge in [0.05, 0.1) is 17.1 Å². The fourth-order valence-corrected chi connectivity index (χ4v) is 4.57. The zero-order valence-electron chi connectivity index (χ0n) is 15.3. The molecule has 4 rings (SSSR count). The summed E-state index contributed by atoms with van der Waals surface area (Å²) in [5, 5.41) is 9.72. The van der Waals surface area contributed by atoms with Crippen molar-refractivity contribution < 1.29 is 12.8 Å². The van der Waals surface area contributed by atoms with E-state index in [1.807, 2.05) is 12.1 Å². The highest BCUT2D eigenvalue weighted by Gasteiger charge is 2.18. The van der Waals surface area contributed by atoms with E-state index in [0.717, 1.165) is 23.0 Å². The third-order valence-corrected chi connectivity index (χ3v) is 6.47. The van der Waals surface area contributed by atoms with Crippen LogP contribution in [0.15, 0.2) is 71.2 Å². The first-order valence-electron chi connectivity index (χ1n) is 8.66. The smallest absolute Gasteiger partial charge is 0.263 e. The van der Waals surface area contributed by atoms with Crippen LogP contribution in [0, 0.1) is 5.82 Å².